The molecule has 4 N–H and O–H groups in total. The zero-order chi connectivity index (χ0) is 12.3. The van der Waals surface area contributed by atoms with Crippen LogP contribution in [0.4, 0.5) is 5.82 Å². The average molecular weight is 248 g/mol. The van der Waals surface area contributed by atoms with Gasteiger partial charge in [-0.2, -0.15) is 0 Å². The molecule has 0 saturated heterocycles. The van der Waals surface area contributed by atoms with Crippen LogP contribution in [0.15, 0.2) is 11.4 Å². The number of aliphatic hydroxyl groups is 1. The first-order chi connectivity index (χ1) is 7.38. The van der Waals surface area contributed by atoms with Gasteiger partial charge in [-0.05, 0) is 5.92 Å². The van der Waals surface area contributed by atoms with Gasteiger partial charge in [-0.15, -0.1) is 0 Å². The molecule has 92 valence electrons. The summed E-state index contributed by atoms with van der Waals surface area (Å²) in [5, 5.41) is 8.74. The fourth-order valence-electron chi connectivity index (χ4n) is 1.15. The zero-order valence-electron chi connectivity index (χ0n) is 9.21. The second-order valence-corrected chi connectivity index (χ2v) is 5.37. The SMILES string of the molecule is CC(CO)CNS(=O)(=O)c1c(N)ncn1C. The second-order valence-electron chi connectivity index (χ2n) is 3.69. The summed E-state index contributed by atoms with van der Waals surface area (Å²) < 4.78 is 27.3. The van der Waals surface area contributed by atoms with E-state index < -0.39 is 10.0 Å². The van der Waals surface area contributed by atoms with Crippen molar-refractivity contribution in [1.29, 1.82) is 0 Å². The third-order valence-corrected chi connectivity index (χ3v) is 3.65. The van der Waals surface area contributed by atoms with E-state index in [1.54, 1.807) is 14.0 Å². The molecule has 1 heterocycles. The lowest BCUT2D eigenvalue weighted by molar-refractivity contribution is 0.238. The molecule has 0 aliphatic rings. The summed E-state index contributed by atoms with van der Waals surface area (Å²) in [6.45, 7) is 1.81. The molecule has 0 spiro atoms. The van der Waals surface area contributed by atoms with Gasteiger partial charge in [-0.1, -0.05) is 6.92 Å². The molecule has 1 rings (SSSR count). The van der Waals surface area contributed by atoms with Crippen molar-refractivity contribution in [2.24, 2.45) is 13.0 Å². The average Bonchev–Trinajstić information content (AvgIpc) is 2.55. The fourth-order valence-corrected chi connectivity index (χ4v) is 2.54. The van der Waals surface area contributed by atoms with E-state index in [1.807, 2.05) is 0 Å². The zero-order valence-corrected chi connectivity index (χ0v) is 10.0. The highest BCUT2D eigenvalue weighted by molar-refractivity contribution is 7.89. The highest BCUT2D eigenvalue weighted by atomic mass is 32.2. The summed E-state index contributed by atoms with van der Waals surface area (Å²) in [6.07, 6.45) is 1.33. The molecule has 0 saturated carbocycles. The number of nitrogens with one attached hydrogen (secondary N) is 1. The van der Waals surface area contributed by atoms with Gasteiger partial charge in [0.1, 0.15) is 0 Å². The van der Waals surface area contributed by atoms with Crippen LogP contribution in [0.2, 0.25) is 0 Å². The molecule has 1 aromatic heterocycles. The summed E-state index contributed by atoms with van der Waals surface area (Å²) in [5.41, 5.74) is 5.47. The lowest BCUT2D eigenvalue weighted by Gasteiger charge is -2.10. The van der Waals surface area contributed by atoms with E-state index >= 15 is 0 Å². The number of sulfonamides is 1. The van der Waals surface area contributed by atoms with Crippen LogP contribution >= 0.6 is 0 Å². The molecule has 0 aliphatic heterocycles. The Morgan fingerprint density at radius 1 is 1.69 bits per heavy atom. The molecule has 8 heteroatoms. The van der Waals surface area contributed by atoms with Crippen LogP contribution in [0.25, 0.3) is 0 Å². The smallest absolute Gasteiger partial charge is 0.260 e. The highest BCUT2D eigenvalue weighted by Gasteiger charge is 2.22. The number of imidazole rings is 1. The number of anilines is 1. The van der Waals surface area contributed by atoms with E-state index in [0.717, 1.165) is 0 Å². The Morgan fingerprint density at radius 2 is 2.31 bits per heavy atom. The number of aromatic nitrogens is 2. The minimum Gasteiger partial charge on any atom is -0.396 e. The number of rotatable bonds is 5. The minimum atomic E-state index is -3.67. The molecule has 1 aromatic rings. The van der Waals surface area contributed by atoms with Gasteiger partial charge in [0.25, 0.3) is 10.0 Å². The van der Waals surface area contributed by atoms with Crippen LogP contribution in [0.3, 0.4) is 0 Å². The lowest BCUT2D eigenvalue weighted by atomic mass is 10.2. The molecule has 7 nitrogen and oxygen atoms in total. The number of nitrogens with two attached hydrogens (primary N) is 1. The van der Waals surface area contributed by atoms with Gasteiger partial charge in [0.15, 0.2) is 10.8 Å². The normalized spacial score (nSPS) is 13.9. The molecule has 0 aliphatic carbocycles. The Morgan fingerprint density at radius 3 is 2.75 bits per heavy atom. The van der Waals surface area contributed by atoms with Crippen LogP contribution in [0.1, 0.15) is 6.92 Å². The standard InChI is InChI=1S/C8H16N4O3S/c1-6(4-13)3-11-16(14,15)8-7(9)10-5-12(8)2/h5-6,11,13H,3-4,9H2,1-2H3. The van der Waals surface area contributed by atoms with Gasteiger partial charge >= 0.3 is 0 Å². The summed E-state index contributed by atoms with van der Waals surface area (Å²) in [4.78, 5) is 3.70. The van der Waals surface area contributed by atoms with Gasteiger partial charge in [0.2, 0.25) is 0 Å². The first-order valence-corrected chi connectivity index (χ1v) is 6.24. The van der Waals surface area contributed by atoms with Crippen molar-refractivity contribution in [3.8, 4) is 0 Å². The Balaban J connectivity index is 2.87. The van der Waals surface area contributed by atoms with Gasteiger partial charge in [-0.3, -0.25) is 0 Å². The third kappa shape index (κ3) is 2.71. The molecule has 16 heavy (non-hydrogen) atoms. The molecule has 0 bridgehead atoms. The number of nitrogens with zero attached hydrogens (tertiary/aromatic N) is 2. The Labute approximate surface area is 94.3 Å². The van der Waals surface area contributed by atoms with Crippen molar-refractivity contribution in [2.45, 2.75) is 11.9 Å². The molecule has 0 amide bonds. The Hall–Kier alpha value is -1.12. The van der Waals surface area contributed by atoms with Crippen molar-refractivity contribution in [3.05, 3.63) is 6.33 Å². The fraction of sp³-hybridized carbons (Fsp3) is 0.625. The minimum absolute atomic E-state index is 0.0355. The summed E-state index contributed by atoms with van der Waals surface area (Å²) in [6, 6.07) is 0. The van der Waals surface area contributed by atoms with Crippen LogP contribution in [-0.2, 0) is 17.1 Å². The number of hydrogen-bond donors (Lipinski definition) is 3. The Kier molecular flexibility index (Phi) is 3.89. The first kappa shape index (κ1) is 12.9. The molecule has 0 fully saturated rings. The van der Waals surface area contributed by atoms with Crippen LogP contribution in [-0.4, -0.2) is 36.2 Å². The Bertz CT molecular complexity index is 434. The third-order valence-electron chi connectivity index (χ3n) is 2.10. The molecular weight excluding hydrogens is 232 g/mol. The maximum absolute atomic E-state index is 11.8. The molecule has 0 aromatic carbocycles. The summed E-state index contributed by atoms with van der Waals surface area (Å²) in [5.74, 6) is -0.184. The number of hydrogen-bond acceptors (Lipinski definition) is 5. The van der Waals surface area contributed by atoms with Crippen molar-refractivity contribution >= 4 is 15.8 Å². The largest absolute Gasteiger partial charge is 0.396 e. The predicted octanol–water partition coefficient (Wildman–Crippen LogP) is -1.09. The maximum atomic E-state index is 11.8. The number of aryl methyl sites for hydroxylation is 1. The monoisotopic (exact) mass is 248 g/mol. The summed E-state index contributed by atoms with van der Waals surface area (Å²) in [7, 11) is -2.12. The molecule has 1 atom stereocenters. The van der Waals surface area contributed by atoms with E-state index in [2.05, 4.69) is 9.71 Å². The van der Waals surface area contributed by atoms with Crippen LogP contribution < -0.4 is 10.5 Å². The molecular formula is C8H16N4O3S. The van der Waals surface area contributed by atoms with E-state index in [9.17, 15) is 8.42 Å². The van der Waals surface area contributed by atoms with Gasteiger partial charge in [0, 0.05) is 20.2 Å². The highest BCUT2D eigenvalue weighted by Crippen LogP contribution is 2.14. The van der Waals surface area contributed by atoms with Crippen molar-refractivity contribution in [2.75, 3.05) is 18.9 Å². The maximum Gasteiger partial charge on any atom is 0.260 e. The van der Waals surface area contributed by atoms with E-state index in [0.29, 0.717) is 0 Å². The molecule has 0 radical (unpaired) electrons. The second kappa shape index (κ2) is 4.81. The number of aliphatic hydroxyl groups excluding tert-OH is 1. The predicted molar refractivity (Wildman–Crippen MR) is 59.1 cm³/mol. The van der Waals surface area contributed by atoms with E-state index in [-0.39, 0.29) is 29.9 Å². The van der Waals surface area contributed by atoms with Crippen molar-refractivity contribution in [1.82, 2.24) is 14.3 Å². The van der Waals surface area contributed by atoms with Crippen molar-refractivity contribution in [3.63, 3.8) is 0 Å². The van der Waals surface area contributed by atoms with Gasteiger partial charge in [-0.25, -0.2) is 18.1 Å². The lowest BCUT2D eigenvalue weighted by Crippen LogP contribution is -2.31. The van der Waals surface area contributed by atoms with Crippen LogP contribution in [0.5, 0.6) is 0 Å². The summed E-state index contributed by atoms with van der Waals surface area (Å²) >= 11 is 0. The van der Waals surface area contributed by atoms with Crippen molar-refractivity contribution < 1.29 is 13.5 Å². The van der Waals surface area contributed by atoms with Gasteiger partial charge < -0.3 is 15.4 Å². The topological polar surface area (TPSA) is 110 Å². The van der Waals surface area contributed by atoms with Crippen LogP contribution in [0, 0.1) is 5.92 Å². The number of nitrogen functional groups attached to an aromatic ring is 1. The van der Waals surface area contributed by atoms with E-state index in [1.165, 1.54) is 10.9 Å². The first-order valence-electron chi connectivity index (χ1n) is 4.75. The van der Waals surface area contributed by atoms with Gasteiger partial charge in [0.05, 0.1) is 6.33 Å². The molecule has 1 unspecified atom stereocenters. The quantitative estimate of drug-likeness (QED) is 0.613. The van der Waals surface area contributed by atoms with E-state index in [4.69, 9.17) is 10.8 Å².